The van der Waals surface area contributed by atoms with Crippen molar-refractivity contribution < 1.29 is 13.9 Å². The molecular weight excluding hydrogens is 573 g/mol. The number of nitrogens with one attached hydrogen (secondary N) is 1. The number of nitrogens with zero attached hydrogens (tertiary/aromatic N) is 1. The molecule has 0 spiro atoms. The monoisotopic (exact) mass is 590 g/mol. The Hall–Kier alpha value is -1.67. The minimum Gasteiger partial charge on any atom is -0.487 e. The SMILES string of the molecule is CC(C)NC(=O)/C(C#N)=C\c1cc(I)c(OCc2ccccc2F)c(I)c1. The maximum absolute atomic E-state index is 13.7. The van der Waals surface area contributed by atoms with Gasteiger partial charge in [0.15, 0.2) is 0 Å². The van der Waals surface area contributed by atoms with Gasteiger partial charge in [0.25, 0.3) is 5.91 Å². The van der Waals surface area contributed by atoms with Crippen LogP contribution in [0.1, 0.15) is 25.0 Å². The summed E-state index contributed by atoms with van der Waals surface area (Å²) in [5.74, 6) is -0.0731. The summed E-state index contributed by atoms with van der Waals surface area (Å²) in [4.78, 5) is 12.1. The normalized spacial score (nSPS) is 11.2. The van der Waals surface area contributed by atoms with Crippen LogP contribution in [0.3, 0.4) is 0 Å². The number of halogens is 3. The Kier molecular flexibility index (Phi) is 8.04. The number of benzene rings is 2. The molecule has 7 heteroatoms. The molecule has 0 aliphatic carbocycles. The Labute approximate surface area is 185 Å². The summed E-state index contributed by atoms with van der Waals surface area (Å²) in [6.07, 6.45) is 1.54. The molecule has 0 aromatic heterocycles. The standard InChI is InChI=1S/C20H17FI2N2O2/c1-12(2)25-20(26)15(10-24)7-13-8-17(22)19(18(23)9-13)27-11-14-5-3-4-6-16(14)21/h3-9,12H,11H2,1-2H3,(H,25,26)/b15-7-. The first-order chi connectivity index (χ1) is 12.8. The number of nitriles is 1. The van der Waals surface area contributed by atoms with E-state index >= 15 is 0 Å². The second-order valence-corrected chi connectivity index (χ2v) is 8.32. The second kappa shape index (κ2) is 10.0. The number of carbonyl (C=O) groups is 1. The molecule has 2 rings (SSSR count). The molecule has 0 atom stereocenters. The number of rotatable bonds is 6. The van der Waals surface area contributed by atoms with Crippen LogP contribution in [0.2, 0.25) is 0 Å². The van der Waals surface area contributed by atoms with Crippen LogP contribution in [0.4, 0.5) is 4.39 Å². The molecule has 0 saturated heterocycles. The molecular formula is C20H17FI2N2O2. The van der Waals surface area contributed by atoms with Crippen molar-refractivity contribution in [3.8, 4) is 11.8 Å². The van der Waals surface area contributed by atoms with E-state index in [0.29, 0.717) is 11.3 Å². The first-order valence-electron chi connectivity index (χ1n) is 8.09. The largest absolute Gasteiger partial charge is 0.487 e. The van der Waals surface area contributed by atoms with E-state index in [2.05, 4.69) is 50.5 Å². The van der Waals surface area contributed by atoms with Crippen LogP contribution in [0.15, 0.2) is 42.0 Å². The molecule has 0 saturated carbocycles. The fourth-order valence-corrected chi connectivity index (χ4v) is 4.35. The predicted octanol–water partition coefficient (Wildman–Crippen LogP) is 5.05. The zero-order valence-corrected chi connectivity index (χ0v) is 19.0. The minimum absolute atomic E-state index is 0.0373. The average Bonchev–Trinajstić information content (AvgIpc) is 2.59. The third-order valence-electron chi connectivity index (χ3n) is 3.45. The summed E-state index contributed by atoms with van der Waals surface area (Å²) in [7, 11) is 0. The molecule has 0 heterocycles. The van der Waals surface area contributed by atoms with Gasteiger partial charge in [0.1, 0.15) is 29.8 Å². The van der Waals surface area contributed by atoms with Crippen molar-refractivity contribution in [2.24, 2.45) is 0 Å². The molecule has 140 valence electrons. The van der Waals surface area contributed by atoms with Gasteiger partial charge in [-0.05, 0) is 88.9 Å². The van der Waals surface area contributed by atoms with E-state index in [-0.39, 0.29) is 24.0 Å². The number of carbonyl (C=O) groups excluding carboxylic acids is 1. The summed E-state index contributed by atoms with van der Waals surface area (Å²) in [5.41, 5.74) is 1.23. The maximum atomic E-state index is 13.7. The molecule has 0 radical (unpaired) electrons. The number of hydrogen-bond acceptors (Lipinski definition) is 3. The summed E-state index contributed by atoms with van der Waals surface area (Å²) in [6, 6.07) is 12.0. The van der Waals surface area contributed by atoms with Crippen LogP contribution in [0.5, 0.6) is 5.75 Å². The van der Waals surface area contributed by atoms with Crippen LogP contribution in [-0.2, 0) is 11.4 Å². The fraction of sp³-hybridized carbons (Fsp3) is 0.200. The summed E-state index contributed by atoms with van der Waals surface area (Å²) in [5, 5.41) is 12.0. The molecule has 1 N–H and O–H groups in total. The first kappa shape index (κ1) is 21.6. The zero-order valence-electron chi connectivity index (χ0n) is 14.7. The Morgan fingerprint density at radius 2 is 1.93 bits per heavy atom. The van der Waals surface area contributed by atoms with E-state index in [0.717, 1.165) is 12.7 Å². The van der Waals surface area contributed by atoms with Gasteiger partial charge in [-0.25, -0.2) is 4.39 Å². The molecule has 0 aliphatic heterocycles. The summed E-state index contributed by atoms with van der Waals surface area (Å²) in [6.45, 7) is 3.79. The van der Waals surface area contributed by atoms with Gasteiger partial charge in [0.05, 0.1) is 7.14 Å². The van der Waals surface area contributed by atoms with E-state index in [1.54, 1.807) is 24.3 Å². The van der Waals surface area contributed by atoms with Crippen LogP contribution in [-0.4, -0.2) is 11.9 Å². The van der Waals surface area contributed by atoms with E-state index in [9.17, 15) is 14.4 Å². The lowest BCUT2D eigenvalue weighted by atomic mass is 10.1. The van der Waals surface area contributed by atoms with Crippen molar-refractivity contribution in [3.05, 3.63) is 66.1 Å². The highest BCUT2D eigenvalue weighted by atomic mass is 127. The van der Waals surface area contributed by atoms with Gasteiger partial charge >= 0.3 is 0 Å². The van der Waals surface area contributed by atoms with Gasteiger partial charge in [-0.3, -0.25) is 4.79 Å². The Balaban J connectivity index is 2.23. The lowest BCUT2D eigenvalue weighted by molar-refractivity contribution is -0.117. The van der Waals surface area contributed by atoms with Crippen molar-refractivity contribution in [2.75, 3.05) is 0 Å². The highest BCUT2D eigenvalue weighted by Crippen LogP contribution is 2.30. The van der Waals surface area contributed by atoms with Crippen LogP contribution < -0.4 is 10.1 Å². The van der Waals surface area contributed by atoms with Gasteiger partial charge in [0.2, 0.25) is 0 Å². The third-order valence-corrected chi connectivity index (χ3v) is 5.05. The van der Waals surface area contributed by atoms with Gasteiger partial charge in [-0.1, -0.05) is 18.2 Å². The molecule has 0 unspecified atom stereocenters. The van der Waals surface area contributed by atoms with E-state index < -0.39 is 5.91 Å². The third kappa shape index (κ3) is 6.17. The predicted molar refractivity (Wildman–Crippen MR) is 119 cm³/mol. The molecule has 0 aliphatic rings. The van der Waals surface area contributed by atoms with Gasteiger partial charge in [-0.2, -0.15) is 5.26 Å². The van der Waals surface area contributed by atoms with E-state index in [1.165, 1.54) is 6.07 Å². The van der Waals surface area contributed by atoms with Crippen molar-refractivity contribution in [1.82, 2.24) is 5.32 Å². The highest BCUT2D eigenvalue weighted by Gasteiger charge is 2.13. The molecule has 4 nitrogen and oxygen atoms in total. The molecule has 2 aromatic carbocycles. The first-order valence-corrected chi connectivity index (χ1v) is 10.3. The molecule has 0 bridgehead atoms. The van der Waals surface area contributed by atoms with E-state index in [1.807, 2.05) is 32.0 Å². The topological polar surface area (TPSA) is 62.1 Å². The zero-order chi connectivity index (χ0) is 20.0. The van der Waals surface area contributed by atoms with Crippen LogP contribution in [0, 0.1) is 24.3 Å². The van der Waals surface area contributed by atoms with Gasteiger partial charge in [0, 0.05) is 11.6 Å². The van der Waals surface area contributed by atoms with Crippen molar-refractivity contribution in [2.45, 2.75) is 26.5 Å². The highest BCUT2D eigenvalue weighted by molar-refractivity contribution is 14.1. The molecule has 1 amide bonds. The molecule has 0 fully saturated rings. The lowest BCUT2D eigenvalue weighted by Gasteiger charge is -2.12. The van der Waals surface area contributed by atoms with Crippen molar-refractivity contribution >= 4 is 57.2 Å². The van der Waals surface area contributed by atoms with Crippen molar-refractivity contribution in [1.29, 1.82) is 5.26 Å². The molecule has 2 aromatic rings. The smallest absolute Gasteiger partial charge is 0.262 e. The summed E-state index contributed by atoms with van der Waals surface area (Å²) < 4.78 is 21.2. The minimum atomic E-state index is -0.405. The Morgan fingerprint density at radius 3 is 2.48 bits per heavy atom. The average molecular weight is 590 g/mol. The van der Waals surface area contributed by atoms with E-state index in [4.69, 9.17) is 4.74 Å². The number of hydrogen-bond donors (Lipinski definition) is 1. The number of ether oxygens (including phenoxy) is 1. The second-order valence-electron chi connectivity index (χ2n) is 5.99. The summed E-state index contributed by atoms with van der Waals surface area (Å²) >= 11 is 4.25. The van der Waals surface area contributed by atoms with Crippen LogP contribution in [0.25, 0.3) is 6.08 Å². The fourth-order valence-electron chi connectivity index (χ4n) is 2.22. The number of amides is 1. The van der Waals surface area contributed by atoms with Crippen molar-refractivity contribution in [3.63, 3.8) is 0 Å². The lowest BCUT2D eigenvalue weighted by Crippen LogP contribution is -2.30. The Morgan fingerprint density at radius 1 is 1.30 bits per heavy atom. The molecule has 27 heavy (non-hydrogen) atoms. The quantitative estimate of drug-likeness (QED) is 0.292. The van der Waals surface area contributed by atoms with Gasteiger partial charge in [-0.15, -0.1) is 0 Å². The van der Waals surface area contributed by atoms with Gasteiger partial charge < -0.3 is 10.1 Å². The van der Waals surface area contributed by atoms with Crippen LogP contribution >= 0.6 is 45.2 Å². The Bertz CT molecular complexity index is 897. The maximum Gasteiger partial charge on any atom is 0.262 e.